The zero-order valence-electron chi connectivity index (χ0n) is 15.0. The van der Waals surface area contributed by atoms with Crippen molar-refractivity contribution in [2.24, 2.45) is 0 Å². The van der Waals surface area contributed by atoms with Crippen LogP contribution in [0, 0.1) is 0 Å². The minimum Gasteiger partial charge on any atom is -0.463 e. The van der Waals surface area contributed by atoms with Gasteiger partial charge in [-0.3, -0.25) is 9.59 Å². The van der Waals surface area contributed by atoms with Gasteiger partial charge in [-0.1, -0.05) is 0 Å². The molecule has 2 aromatic heterocycles. The molecule has 3 heterocycles. The number of hydrogen-bond donors (Lipinski definition) is 2. The number of amides is 1. The lowest BCUT2D eigenvalue weighted by Crippen LogP contribution is -2.34. The van der Waals surface area contributed by atoms with Crippen molar-refractivity contribution in [2.45, 2.75) is 31.5 Å². The van der Waals surface area contributed by atoms with Crippen LogP contribution in [0.25, 0.3) is 11.5 Å². The van der Waals surface area contributed by atoms with Gasteiger partial charge < -0.3 is 24.2 Å². The summed E-state index contributed by atoms with van der Waals surface area (Å²) in [5, 5.41) is 2.74. The third-order valence-electron chi connectivity index (χ3n) is 5.10. The Kier molecular flexibility index (Phi) is 3.75. The third-order valence-corrected chi connectivity index (χ3v) is 5.10. The summed E-state index contributed by atoms with van der Waals surface area (Å²) >= 11 is 0. The Morgan fingerprint density at radius 3 is 2.61 bits per heavy atom. The SMILES string of the molecule is O=C(Nc1ccc2c(c1)OC1(CCCC1)O2)c1ccc(-c2ccco2)[nH]c1=O. The van der Waals surface area contributed by atoms with Crippen LogP contribution in [0.15, 0.2) is 57.9 Å². The van der Waals surface area contributed by atoms with Crippen molar-refractivity contribution in [3.63, 3.8) is 0 Å². The molecule has 1 fully saturated rings. The minimum atomic E-state index is -0.552. The molecule has 2 aliphatic rings. The molecular weight excluding hydrogens is 360 g/mol. The lowest BCUT2D eigenvalue weighted by atomic mass is 10.2. The molecule has 142 valence electrons. The molecule has 1 saturated carbocycles. The van der Waals surface area contributed by atoms with Crippen LogP contribution >= 0.6 is 0 Å². The van der Waals surface area contributed by atoms with Crippen molar-refractivity contribution < 1.29 is 18.7 Å². The summed E-state index contributed by atoms with van der Waals surface area (Å²) in [4.78, 5) is 27.5. The van der Waals surface area contributed by atoms with Crippen molar-refractivity contribution in [3.05, 3.63) is 64.6 Å². The molecule has 1 amide bonds. The molecular formula is C21H18N2O5. The third kappa shape index (κ3) is 2.85. The van der Waals surface area contributed by atoms with E-state index in [4.69, 9.17) is 13.9 Å². The normalized spacial score (nSPS) is 16.4. The number of hydrogen-bond acceptors (Lipinski definition) is 5. The molecule has 1 aromatic carbocycles. The molecule has 5 rings (SSSR count). The van der Waals surface area contributed by atoms with Gasteiger partial charge in [0.1, 0.15) is 11.3 Å². The van der Waals surface area contributed by atoms with Gasteiger partial charge in [0.25, 0.3) is 17.3 Å². The number of pyridine rings is 1. The number of nitrogens with one attached hydrogen (secondary N) is 2. The van der Waals surface area contributed by atoms with Crippen molar-refractivity contribution in [1.29, 1.82) is 0 Å². The average Bonchev–Trinajstić information content (AvgIpc) is 3.42. The first-order chi connectivity index (χ1) is 13.6. The Hall–Kier alpha value is -3.48. The summed E-state index contributed by atoms with van der Waals surface area (Å²) in [6.45, 7) is 0. The zero-order valence-corrected chi connectivity index (χ0v) is 15.0. The van der Waals surface area contributed by atoms with E-state index in [0.717, 1.165) is 25.7 Å². The van der Waals surface area contributed by atoms with Gasteiger partial charge in [-0.15, -0.1) is 0 Å². The first-order valence-corrected chi connectivity index (χ1v) is 9.23. The largest absolute Gasteiger partial charge is 0.463 e. The molecule has 0 radical (unpaired) electrons. The second kappa shape index (κ2) is 6.30. The molecule has 0 unspecified atom stereocenters. The van der Waals surface area contributed by atoms with E-state index in [1.807, 2.05) is 0 Å². The van der Waals surface area contributed by atoms with E-state index in [2.05, 4.69) is 10.3 Å². The maximum Gasteiger partial charge on any atom is 0.261 e. The van der Waals surface area contributed by atoms with Crippen LogP contribution < -0.4 is 20.3 Å². The highest BCUT2D eigenvalue weighted by atomic mass is 16.7. The smallest absolute Gasteiger partial charge is 0.261 e. The number of carbonyl (C=O) groups is 1. The molecule has 3 aromatic rings. The molecule has 2 N–H and O–H groups in total. The second-order valence-electron chi connectivity index (χ2n) is 7.03. The predicted octanol–water partition coefficient (Wildman–Crippen LogP) is 3.93. The molecule has 0 atom stereocenters. The van der Waals surface area contributed by atoms with Crippen molar-refractivity contribution in [2.75, 3.05) is 5.32 Å². The highest BCUT2D eigenvalue weighted by Gasteiger charge is 2.44. The van der Waals surface area contributed by atoms with E-state index in [0.29, 0.717) is 28.6 Å². The van der Waals surface area contributed by atoms with Gasteiger partial charge in [0, 0.05) is 24.6 Å². The number of H-pyrrole nitrogens is 1. The van der Waals surface area contributed by atoms with Gasteiger partial charge in [-0.05, 0) is 49.2 Å². The number of benzene rings is 1. The Morgan fingerprint density at radius 2 is 1.86 bits per heavy atom. The van der Waals surface area contributed by atoms with Crippen molar-refractivity contribution in [1.82, 2.24) is 4.98 Å². The summed E-state index contributed by atoms with van der Waals surface area (Å²) in [7, 11) is 0. The standard InChI is InChI=1S/C21H18N2O5/c24-19(14-6-7-15(23-20(14)25)16-4-3-11-26-16)22-13-5-8-17-18(12-13)28-21(27-17)9-1-2-10-21/h3-8,11-12H,1-2,9-10H2,(H,22,24)(H,23,25). The second-order valence-corrected chi connectivity index (χ2v) is 7.03. The predicted molar refractivity (Wildman–Crippen MR) is 102 cm³/mol. The summed E-state index contributed by atoms with van der Waals surface area (Å²) in [6.07, 6.45) is 5.40. The van der Waals surface area contributed by atoms with Crippen molar-refractivity contribution in [3.8, 4) is 23.0 Å². The highest BCUT2D eigenvalue weighted by molar-refractivity contribution is 6.04. The Morgan fingerprint density at radius 1 is 1.04 bits per heavy atom. The fourth-order valence-electron chi connectivity index (χ4n) is 3.72. The fourth-order valence-corrected chi connectivity index (χ4v) is 3.72. The van der Waals surface area contributed by atoms with Crippen LogP contribution in [0.4, 0.5) is 5.69 Å². The fraction of sp³-hybridized carbons (Fsp3) is 0.238. The number of furan rings is 1. The van der Waals surface area contributed by atoms with Gasteiger partial charge in [0.15, 0.2) is 11.5 Å². The van der Waals surface area contributed by atoms with E-state index in [-0.39, 0.29) is 5.56 Å². The molecule has 28 heavy (non-hydrogen) atoms. The number of rotatable bonds is 3. The first kappa shape index (κ1) is 16.7. The van der Waals surface area contributed by atoms with Gasteiger partial charge in [-0.2, -0.15) is 0 Å². The van der Waals surface area contributed by atoms with E-state index in [1.165, 1.54) is 12.3 Å². The van der Waals surface area contributed by atoms with Crippen LogP contribution in [-0.2, 0) is 0 Å². The maximum absolute atomic E-state index is 12.6. The Labute approximate surface area is 160 Å². The number of carbonyl (C=O) groups excluding carboxylic acids is 1. The number of fused-ring (bicyclic) bond motifs is 1. The molecule has 7 nitrogen and oxygen atoms in total. The Balaban J connectivity index is 1.35. The van der Waals surface area contributed by atoms with Crippen LogP contribution in [0.3, 0.4) is 0 Å². The monoisotopic (exact) mass is 378 g/mol. The molecule has 1 aliphatic carbocycles. The van der Waals surface area contributed by atoms with E-state index >= 15 is 0 Å². The zero-order chi connectivity index (χ0) is 19.1. The van der Waals surface area contributed by atoms with Gasteiger partial charge >= 0.3 is 0 Å². The van der Waals surface area contributed by atoms with Crippen LogP contribution in [-0.4, -0.2) is 16.7 Å². The lowest BCUT2D eigenvalue weighted by Gasteiger charge is -2.21. The molecule has 1 spiro atoms. The van der Waals surface area contributed by atoms with Gasteiger partial charge in [0.05, 0.1) is 12.0 Å². The summed E-state index contributed by atoms with van der Waals surface area (Å²) in [5.74, 6) is 0.772. The summed E-state index contributed by atoms with van der Waals surface area (Å²) in [6, 6.07) is 11.8. The number of aromatic amines is 1. The van der Waals surface area contributed by atoms with E-state index < -0.39 is 17.3 Å². The summed E-state index contributed by atoms with van der Waals surface area (Å²) < 4.78 is 17.2. The minimum absolute atomic E-state index is 0.0141. The molecule has 0 saturated heterocycles. The average molecular weight is 378 g/mol. The topological polar surface area (TPSA) is 93.6 Å². The van der Waals surface area contributed by atoms with Gasteiger partial charge in [0.2, 0.25) is 0 Å². The van der Waals surface area contributed by atoms with Crippen molar-refractivity contribution >= 4 is 11.6 Å². The first-order valence-electron chi connectivity index (χ1n) is 9.23. The number of aromatic nitrogens is 1. The van der Waals surface area contributed by atoms with E-state index in [9.17, 15) is 9.59 Å². The van der Waals surface area contributed by atoms with Gasteiger partial charge in [-0.25, -0.2) is 0 Å². The number of anilines is 1. The van der Waals surface area contributed by atoms with Crippen LogP contribution in [0.5, 0.6) is 11.5 Å². The van der Waals surface area contributed by atoms with Crippen LogP contribution in [0.2, 0.25) is 0 Å². The highest BCUT2D eigenvalue weighted by Crippen LogP contribution is 2.47. The molecule has 1 aliphatic heterocycles. The lowest BCUT2D eigenvalue weighted by molar-refractivity contribution is -0.0716. The Bertz CT molecular complexity index is 1090. The molecule has 7 heteroatoms. The van der Waals surface area contributed by atoms with Crippen LogP contribution in [0.1, 0.15) is 36.0 Å². The number of ether oxygens (including phenoxy) is 2. The summed E-state index contributed by atoms with van der Waals surface area (Å²) in [5.41, 5.74) is 0.575. The van der Waals surface area contributed by atoms with E-state index in [1.54, 1.807) is 36.4 Å². The quantitative estimate of drug-likeness (QED) is 0.720. The molecule has 0 bridgehead atoms. The maximum atomic E-state index is 12.6.